The van der Waals surface area contributed by atoms with E-state index in [1.807, 2.05) is 20.8 Å². The smallest absolute Gasteiger partial charge is 0.256 e. The fourth-order valence-electron chi connectivity index (χ4n) is 2.34. The largest absolute Gasteiger partial charge is 0.492 e. The van der Waals surface area contributed by atoms with E-state index >= 15 is 0 Å². The van der Waals surface area contributed by atoms with Crippen molar-refractivity contribution in [2.45, 2.75) is 46.1 Å². The third-order valence-corrected chi connectivity index (χ3v) is 3.55. The second kappa shape index (κ2) is 8.54. The van der Waals surface area contributed by atoms with Gasteiger partial charge < -0.3 is 14.8 Å². The molecule has 0 aliphatic carbocycles. The Labute approximate surface area is 138 Å². The number of nitriles is 1. The van der Waals surface area contributed by atoms with Gasteiger partial charge in [-0.25, -0.2) is 0 Å². The topological polar surface area (TPSA) is 71.3 Å². The summed E-state index contributed by atoms with van der Waals surface area (Å²) in [6, 6.07) is 7.15. The zero-order chi connectivity index (χ0) is 17.5. The van der Waals surface area contributed by atoms with E-state index in [-0.39, 0.29) is 5.91 Å². The molecule has 1 atom stereocenters. The minimum Gasteiger partial charge on any atom is -0.492 e. The Bertz CT molecular complexity index is 578. The second-order valence-electron chi connectivity index (χ2n) is 6.16. The van der Waals surface area contributed by atoms with E-state index in [0.29, 0.717) is 35.9 Å². The summed E-state index contributed by atoms with van der Waals surface area (Å²) in [6.07, 6.45) is 1.48. The molecule has 1 unspecified atom stereocenters. The third kappa shape index (κ3) is 5.26. The van der Waals surface area contributed by atoms with Gasteiger partial charge in [0, 0.05) is 12.8 Å². The molecule has 1 N–H and O–H groups in total. The number of anilines is 1. The fraction of sp³-hybridized carbons (Fsp3) is 0.556. The van der Waals surface area contributed by atoms with Crippen LogP contribution in [0.2, 0.25) is 0 Å². The average molecular weight is 318 g/mol. The first-order valence-electron chi connectivity index (χ1n) is 7.89. The van der Waals surface area contributed by atoms with Crippen molar-refractivity contribution in [1.82, 2.24) is 0 Å². The van der Waals surface area contributed by atoms with Crippen LogP contribution in [0.1, 0.15) is 46.1 Å². The molecule has 0 heterocycles. The number of hydrogen-bond acceptors (Lipinski definition) is 4. The quantitative estimate of drug-likeness (QED) is 0.792. The molecule has 1 rings (SSSR count). The maximum absolute atomic E-state index is 12.5. The SMILES string of the molecule is CCCOc1ccc(NC(=O)C(C)(CC(C)C)OC)cc1C#N. The Morgan fingerprint density at radius 1 is 1.43 bits per heavy atom. The van der Waals surface area contributed by atoms with Crippen LogP contribution >= 0.6 is 0 Å². The Balaban J connectivity index is 2.92. The van der Waals surface area contributed by atoms with E-state index in [2.05, 4.69) is 11.4 Å². The van der Waals surface area contributed by atoms with E-state index in [4.69, 9.17) is 9.47 Å². The normalized spacial score (nSPS) is 13.3. The van der Waals surface area contributed by atoms with Crippen LogP contribution in [-0.4, -0.2) is 25.2 Å². The molecule has 5 heteroatoms. The zero-order valence-corrected chi connectivity index (χ0v) is 14.6. The van der Waals surface area contributed by atoms with Crippen LogP contribution in [0, 0.1) is 17.2 Å². The predicted octanol–water partition coefficient (Wildman–Crippen LogP) is 3.74. The molecule has 0 spiro atoms. The second-order valence-corrected chi connectivity index (χ2v) is 6.16. The van der Waals surface area contributed by atoms with E-state index < -0.39 is 5.60 Å². The first-order valence-corrected chi connectivity index (χ1v) is 7.89. The number of hydrogen-bond donors (Lipinski definition) is 1. The summed E-state index contributed by atoms with van der Waals surface area (Å²) in [4.78, 5) is 12.5. The van der Waals surface area contributed by atoms with Gasteiger partial charge in [-0.15, -0.1) is 0 Å². The summed E-state index contributed by atoms with van der Waals surface area (Å²) in [5.41, 5.74) is 0.0555. The van der Waals surface area contributed by atoms with Crippen molar-refractivity contribution in [1.29, 1.82) is 5.26 Å². The average Bonchev–Trinajstić information content (AvgIpc) is 2.52. The zero-order valence-electron chi connectivity index (χ0n) is 14.6. The van der Waals surface area contributed by atoms with Crippen LogP contribution in [0.15, 0.2) is 18.2 Å². The van der Waals surface area contributed by atoms with Crippen molar-refractivity contribution < 1.29 is 14.3 Å². The summed E-state index contributed by atoms with van der Waals surface area (Å²) in [5.74, 6) is 0.633. The summed E-state index contributed by atoms with van der Waals surface area (Å²) >= 11 is 0. The molecule has 1 aromatic rings. The van der Waals surface area contributed by atoms with Gasteiger partial charge in [-0.2, -0.15) is 5.26 Å². The van der Waals surface area contributed by atoms with E-state index in [0.717, 1.165) is 6.42 Å². The Hall–Kier alpha value is -2.06. The standard InChI is InChI=1S/C18H26N2O3/c1-6-9-23-16-8-7-15(10-14(16)12-19)20-17(21)18(4,22-5)11-13(2)3/h7-8,10,13H,6,9,11H2,1-5H3,(H,20,21). The van der Waals surface area contributed by atoms with Crippen LogP contribution in [0.3, 0.4) is 0 Å². The number of carbonyl (C=O) groups is 1. The van der Waals surface area contributed by atoms with E-state index in [1.165, 1.54) is 7.11 Å². The molecule has 0 saturated carbocycles. The van der Waals surface area contributed by atoms with Crippen LogP contribution in [0.25, 0.3) is 0 Å². The minimum atomic E-state index is -0.904. The van der Waals surface area contributed by atoms with Gasteiger partial charge in [-0.05, 0) is 43.9 Å². The number of carbonyl (C=O) groups excluding carboxylic acids is 1. The van der Waals surface area contributed by atoms with E-state index in [9.17, 15) is 10.1 Å². The van der Waals surface area contributed by atoms with Crippen molar-refractivity contribution in [2.75, 3.05) is 19.0 Å². The Morgan fingerprint density at radius 2 is 2.13 bits per heavy atom. The number of ether oxygens (including phenoxy) is 2. The molecule has 23 heavy (non-hydrogen) atoms. The monoisotopic (exact) mass is 318 g/mol. The third-order valence-electron chi connectivity index (χ3n) is 3.55. The molecule has 0 aliphatic heterocycles. The molecule has 1 aromatic carbocycles. The van der Waals surface area contributed by atoms with Crippen molar-refractivity contribution >= 4 is 11.6 Å². The van der Waals surface area contributed by atoms with Crippen molar-refractivity contribution in [2.24, 2.45) is 5.92 Å². The molecule has 1 amide bonds. The van der Waals surface area contributed by atoms with Crippen LogP contribution < -0.4 is 10.1 Å². The number of nitrogens with one attached hydrogen (secondary N) is 1. The molecule has 0 aliphatic rings. The number of amides is 1. The summed E-state index contributed by atoms with van der Waals surface area (Å²) in [7, 11) is 1.53. The maximum atomic E-state index is 12.5. The summed E-state index contributed by atoms with van der Waals surface area (Å²) in [6.45, 7) is 8.40. The van der Waals surface area contributed by atoms with Gasteiger partial charge in [0.2, 0.25) is 0 Å². The van der Waals surface area contributed by atoms with Crippen LogP contribution in [0.4, 0.5) is 5.69 Å². The molecule has 0 saturated heterocycles. The Kier molecular flexibility index (Phi) is 7.05. The van der Waals surface area contributed by atoms with Crippen LogP contribution in [0.5, 0.6) is 5.75 Å². The van der Waals surface area contributed by atoms with Gasteiger partial charge >= 0.3 is 0 Å². The van der Waals surface area contributed by atoms with Gasteiger partial charge in [-0.3, -0.25) is 4.79 Å². The molecule has 5 nitrogen and oxygen atoms in total. The highest BCUT2D eigenvalue weighted by Gasteiger charge is 2.34. The highest BCUT2D eigenvalue weighted by atomic mass is 16.5. The molecule has 0 aromatic heterocycles. The molecule has 0 radical (unpaired) electrons. The van der Waals surface area contributed by atoms with Gasteiger partial charge in [0.05, 0.1) is 12.2 Å². The highest BCUT2D eigenvalue weighted by molar-refractivity contribution is 5.97. The summed E-state index contributed by atoms with van der Waals surface area (Å²) < 4.78 is 10.9. The molecule has 0 fully saturated rings. The van der Waals surface area contributed by atoms with Gasteiger partial charge in [0.1, 0.15) is 17.4 Å². The van der Waals surface area contributed by atoms with Gasteiger partial charge in [0.25, 0.3) is 5.91 Å². The van der Waals surface area contributed by atoms with Crippen molar-refractivity contribution in [3.05, 3.63) is 23.8 Å². The lowest BCUT2D eigenvalue weighted by Crippen LogP contribution is -2.43. The molecular formula is C18H26N2O3. The maximum Gasteiger partial charge on any atom is 0.256 e. The predicted molar refractivity (Wildman–Crippen MR) is 90.4 cm³/mol. The molecule has 126 valence electrons. The number of methoxy groups -OCH3 is 1. The van der Waals surface area contributed by atoms with Crippen molar-refractivity contribution in [3.63, 3.8) is 0 Å². The lowest BCUT2D eigenvalue weighted by atomic mass is 9.93. The number of nitrogens with zero attached hydrogens (tertiary/aromatic N) is 1. The minimum absolute atomic E-state index is 0.222. The molecular weight excluding hydrogens is 292 g/mol. The number of rotatable bonds is 8. The van der Waals surface area contributed by atoms with E-state index in [1.54, 1.807) is 25.1 Å². The van der Waals surface area contributed by atoms with Gasteiger partial charge in [0.15, 0.2) is 0 Å². The first-order chi connectivity index (χ1) is 10.9. The Morgan fingerprint density at radius 3 is 2.65 bits per heavy atom. The van der Waals surface area contributed by atoms with Gasteiger partial charge in [-0.1, -0.05) is 20.8 Å². The lowest BCUT2D eigenvalue weighted by molar-refractivity contribution is -0.137. The van der Waals surface area contributed by atoms with Crippen molar-refractivity contribution in [3.8, 4) is 11.8 Å². The number of benzene rings is 1. The lowest BCUT2D eigenvalue weighted by Gasteiger charge is -2.28. The highest BCUT2D eigenvalue weighted by Crippen LogP contribution is 2.25. The summed E-state index contributed by atoms with van der Waals surface area (Å²) in [5, 5.41) is 12.1. The fourth-order valence-corrected chi connectivity index (χ4v) is 2.34. The van der Waals surface area contributed by atoms with Crippen LogP contribution in [-0.2, 0) is 9.53 Å². The molecule has 0 bridgehead atoms. The first kappa shape index (κ1) is 19.0.